The lowest BCUT2D eigenvalue weighted by molar-refractivity contribution is 0.114. The Bertz CT molecular complexity index is 652. The van der Waals surface area contributed by atoms with Crippen LogP contribution in [0.3, 0.4) is 0 Å². The van der Waals surface area contributed by atoms with E-state index in [0.29, 0.717) is 13.2 Å². The first-order valence-electron chi connectivity index (χ1n) is 8.75. The van der Waals surface area contributed by atoms with Gasteiger partial charge in [0.1, 0.15) is 18.2 Å². The monoisotopic (exact) mass is 343 g/mol. The van der Waals surface area contributed by atoms with Crippen LogP contribution in [0.5, 0.6) is 5.75 Å². The Hall–Kier alpha value is -1.95. The van der Waals surface area contributed by atoms with E-state index in [2.05, 4.69) is 29.0 Å². The Labute approximate surface area is 149 Å². The summed E-state index contributed by atoms with van der Waals surface area (Å²) < 4.78 is 18.7. The normalized spacial score (nSPS) is 17.4. The number of ether oxygens (including phenoxy) is 1. The molecule has 1 heterocycles. The lowest BCUT2D eigenvalue weighted by Gasteiger charge is -2.37. The van der Waals surface area contributed by atoms with Crippen LogP contribution in [0.25, 0.3) is 0 Å². The third kappa shape index (κ3) is 4.78. The summed E-state index contributed by atoms with van der Waals surface area (Å²) in [4.78, 5) is 4.80. The maximum absolute atomic E-state index is 12.9. The highest BCUT2D eigenvalue weighted by Gasteiger charge is 2.22. The third-order valence-electron chi connectivity index (χ3n) is 4.79. The predicted octanol–water partition coefficient (Wildman–Crippen LogP) is 2.65. The molecule has 1 atom stereocenters. The van der Waals surface area contributed by atoms with E-state index in [-0.39, 0.29) is 11.9 Å². The van der Waals surface area contributed by atoms with Gasteiger partial charge in [-0.25, -0.2) is 4.39 Å². The van der Waals surface area contributed by atoms with Gasteiger partial charge in [0.15, 0.2) is 0 Å². The molecule has 4 nitrogen and oxygen atoms in total. The van der Waals surface area contributed by atoms with Crippen LogP contribution in [0.2, 0.25) is 0 Å². The fourth-order valence-corrected chi connectivity index (χ4v) is 3.16. The van der Waals surface area contributed by atoms with Gasteiger partial charge in [0.25, 0.3) is 0 Å². The van der Waals surface area contributed by atoms with Crippen LogP contribution in [0, 0.1) is 5.82 Å². The topological polar surface area (TPSA) is 41.7 Å². The predicted molar refractivity (Wildman–Crippen MR) is 98.0 cm³/mol. The summed E-state index contributed by atoms with van der Waals surface area (Å²) in [6.45, 7) is 5.28. The maximum atomic E-state index is 12.9. The summed E-state index contributed by atoms with van der Waals surface area (Å²) in [5.74, 6) is 0.576. The van der Waals surface area contributed by atoms with E-state index in [1.165, 1.54) is 17.7 Å². The number of nitrogens with two attached hydrogens (primary N) is 1. The van der Waals surface area contributed by atoms with E-state index in [0.717, 1.165) is 37.5 Å². The second kappa shape index (κ2) is 8.43. The lowest BCUT2D eigenvalue weighted by Crippen LogP contribution is -2.47. The highest BCUT2D eigenvalue weighted by atomic mass is 19.1. The van der Waals surface area contributed by atoms with Crippen LogP contribution in [0.4, 0.5) is 4.39 Å². The van der Waals surface area contributed by atoms with Crippen molar-refractivity contribution in [2.24, 2.45) is 5.73 Å². The van der Waals surface area contributed by atoms with E-state index < -0.39 is 0 Å². The minimum absolute atomic E-state index is 0.232. The highest BCUT2D eigenvalue weighted by Crippen LogP contribution is 2.24. The molecule has 0 spiro atoms. The largest absolute Gasteiger partial charge is 0.489 e. The van der Waals surface area contributed by atoms with Gasteiger partial charge in [0.2, 0.25) is 0 Å². The van der Waals surface area contributed by atoms with Gasteiger partial charge in [-0.05, 0) is 42.4 Å². The number of benzene rings is 2. The summed E-state index contributed by atoms with van der Waals surface area (Å²) in [5, 5.41) is 0. The zero-order chi connectivity index (χ0) is 17.6. The number of piperazine rings is 1. The molecule has 1 aliphatic heterocycles. The molecular formula is C20H26FN3O. The Balaban J connectivity index is 1.59. The summed E-state index contributed by atoms with van der Waals surface area (Å²) in [5.41, 5.74) is 8.21. The molecule has 134 valence electrons. The van der Waals surface area contributed by atoms with Crippen LogP contribution >= 0.6 is 0 Å². The molecule has 0 amide bonds. The van der Waals surface area contributed by atoms with Crippen molar-refractivity contribution in [3.8, 4) is 5.75 Å². The minimum Gasteiger partial charge on any atom is -0.489 e. The fourth-order valence-electron chi connectivity index (χ4n) is 3.16. The first-order valence-corrected chi connectivity index (χ1v) is 8.75. The summed E-state index contributed by atoms with van der Waals surface area (Å²) in [6.07, 6.45) is 0. The first-order chi connectivity index (χ1) is 12.2. The number of rotatable bonds is 6. The van der Waals surface area contributed by atoms with Gasteiger partial charge >= 0.3 is 0 Å². The fraction of sp³-hybridized carbons (Fsp3) is 0.400. The molecule has 2 aromatic rings. The molecule has 1 saturated heterocycles. The van der Waals surface area contributed by atoms with Crippen LogP contribution in [0.1, 0.15) is 17.2 Å². The molecule has 0 aromatic heterocycles. The first kappa shape index (κ1) is 17.9. The second-order valence-electron chi connectivity index (χ2n) is 6.57. The van der Waals surface area contributed by atoms with Crippen molar-refractivity contribution in [2.75, 3.05) is 39.8 Å². The second-order valence-corrected chi connectivity index (χ2v) is 6.57. The zero-order valence-corrected chi connectivity index (χ0v) is 14.7. The van der Waals surface area contributed by atoms with Crippen LogP contribution in [0.15, 0.2) is 48.5 Å². The van der Waals surface area contributed by atoms with Gasteiger partial charge in [0, 0.05) is 38.8 Å². The van der Waals surface area contributed by atoms with Crippen molar-refractivity contribution in [2.45, 2.75) is 12.6 Å². The standard InChI is InChI=1S/C20H26FN3O/c1-23-10-12-24(13-11-23)20(14-22)17-4-8-19(9-5-17)25-15-16-2-6-18(21)7-3-16/h2-9,20H,10-15,22H2,1H3. The Morgan fingerprint density at radius 1 is 1.00 bits per heavy atom. The quantitative estimate of drug-likeness (QED) is 0.876. The van der Waals surface area contributed by atoms with Crippen LogP contribution < -0.4 is 10.5 Å². The van der Waals surface area contributed by atoms with Gasteiger partial charge in [-0.15, -0.1) is 0 Å². The van der Waals surface area contributed by atoms with E-state index in [4.69, 9.17) is 10.5 Å². The smallest absolute Gasteiger partial charge is 0.123 e. The van der Waals surface area contributed by atoms with Gasteiger partial charge in [-0.1, -0.05) is 24.3 Å². The SMILES string of the molecule is CN1CCN(C(CN)c2ccc(OCc3ccc(F)cc3)cc2)CC1. The average molecular weight is 343 g/mol. The van der Waals surface area contributed by atoms with Crippen LogP contribution in [-0.2, 0) is 6.61 Å². The Morgan fingerprint density at radius 2 is 1.64 bits per heavy atom. The molecule has 5 heteroatoms. The average Bonchev–Trinajstić information content (AvgIpc) is 2.64. The molecule has 0 bridgehead atoms. The molecular weight excluding hydrogens is 317 g/mol. The molecule has 1 aliphatic rings. The number of halogens is 1. The van der Waals surface area contributed by atoms with Gasteiger partial charge in [0.05, 0.1) is 0 Å². The van der Waals surface area contributed by atoms with Crippen molar-refractivity contribution in [1.82, 2.24) is 9.80 Å². The van der Waals surface area contributed by atoms with Crippen LogP contribution in [-0.4, -0.2) is 49.6 Å². The number of hydrogen-bond donors (Lipinski definition) is 1. The van der Waals surface area contributed by atoms with Crippen molar-refractivity contribution in [3.05, 3.63) is 65.5 Å². The zero-order valence-electron chi connectivity index (χ0n) is 14.7. The maximum Gasteiger partial charge on any atom is 0.123 e. The molecule has 25 heavy (non-hydrogen) atoms. The molecule has 0 saturated carbocycles. The van der Waals surface area contributed by atoms with E-state index in [1.807, 2.05) is 12.1 Å². The van der Waals surface area contributed by atoms with Crippen molar-refractivity contribution in [1.29, 1.82) is 0 Å². The number of likely N-dealkylation sites (N-methyl/N-ethyl adjacent to an activating group) is 1. The summed E-state index contributed by atoms with van der Waals surface area (Å²) in [7, 11) is 2.15. The molecule has 0 radical (unpaired) electrons. The van der Waals surface area contributed by atoms with Gasteiger partial charge in [-0.2, -0.15) is 0 Å². The summed E-state index contributed by atoms with van der Waals surface area (Å²) >= 11 is 0. The third-order valence-corrected chi connectivity index (χ3v) is 4.79. The van der Waals surface area contributed by atoms with Gasteiger partial charge in [-0.3, -0.25) is 4.90 Å². The Kier molecular flexibility index (Phi) is 6.02. The van der Waals surface area contributed by atoms with Crippen molar-refractivity contribution >= 4 is 0 Å². The molecule has 1 fully saturated rings. The van der Waals surface area contributed by atoms with E-state index in [1.54, 1.807) is 12.1 Å². The number of hydrogen-bond acceptors (Lipinski definition) is 4. The summed E-state index contributed by atoms with van der Waals surface area (Å²) in [6, 6.07) is 14.8. The lowest BCUT2D eigenvalue weighted by atomic mass is 10.0. The molecule has 0 aliphatic carbocycles. The van der Waals surface area contributed by atoms with E-state index in [9.17, 15) is 4.39 Å². The van der Waals surface area contributed by atoms with E-state index >= 15 is 0 Å². The highest BCUT2D eigenvalue weighted by molar-refractivity contribution is 5.30. The minimum atomic E-state index is -0.232. The molecule has 1 unspecified atom stereocenters. The van der Waals surface area contributed by atoms with Crippen molar-refractivity contribution < 1.29 is 9.13 Å². The molecule has 3 rings (SSSR count). The molecule has 2 N–H and O–H groups in total. The van der Waals surface area contributed by atoms with Gasteiger partial charge < -0.3 is 15.4 Å². The Morgan fingerprint density at radius 3 is 2.24 bits per heavy atom. The molecule has 2 aromatic carbocycles. The number of nitrogens with zero attached hydrogens (tertiary/aromatic N) is 2. The van der Waals surface area contributed by atoms with Crippen molar-refractivity contribution in [3.63, 3.8) is 0 Å².